The summed E-state index contributed by atoms with van der Waals surface area (Å²) in [5.74, 6) is -0.0192. The van der Waals surface area contributed by atoms with Crippen LogP contribution in [0.15, 0.2) is 21.9 Å². The molecule has 2 aromatic rings. The summed E-state index contributed by atoms with van der Waals surface area (Å²) >= 11 is 1.52. The Hall–Kier alpha value is -2.15. The lowest BCUT2D eigenvalue weighted by Crippen LogP contribution is -2.30. The van der Waals surface area contributed by atoms with Gasteiger partial charge in [-0.2, -0.15) is 0 Å². The Morgan fingerprint density at radius 1 is 1.50 bits per heavy atom. The van der Waals surface area contributed by atoms with E-state index in [-0.39, 0.29) is 24.7 Å². The summed E-state index contributed by atoms with van der Waals surface area (Å²) in [5, 5.41) is 13.3. The van der Waals surface area contributed by atoms with Crippen LogP contribution < -0.4 is 5.32 Å². The van der Waals surface area contributed by atoms with Crippen LogP contribution in [0.1, 0.15) is 24.8 Å². The molecule has 1 amide bonds. The lowest BCUT2D eigenvalue weighted by atomic mass is 10.1. The van der Waals surface area contributed by atoms with Gasteiger partial charge in [0.25, 0.3) is 0 Å². The van der Waals surface area contributed by atoms with Crippen molar-refractivity contribution in [2.75, 3.05) is 6.54 Å². The molecular weight excluding hydrogens is 304 g/mol. The van der Waals surface area contributed by atoms with E-state index in [0.717, 1.165) is 4.88 Å². The average molecular weight is 322 g/mol. The molecule has 0 spiro atoms. The number of thiophene rings is 1. The number of carboxylic acid groups (broad SMARTS) is 1. The standard InChI is InChI=1S/C15H18N2O4S/c1-9(6-14(19)20)8-16-13(18)7-11-10(2)21-15(17-11)12-4-3-5-22-12/h3-5,9H,6-8H2,1-2H3,(H,16,18)(H,19,20). The number of hydrogen-bond donors (Lipinski definition) is 2. The van der Waals surface area contributed by atoms with Crippen molar-refractivity contribution in [3.63, 3.8) is 0 Å². The maximum Gasteiger partial charge on any atom is 0.303 e. The topological polar surface area (TPSA) is 92.4 Å². The van der Waals surface area contributed by atoms with Gasteiger partial charge >= 0.3 is 5.97 Å². The van der Waals surface area contributed by atoms with Gasteiger partial charge in [-0.05, 0) is 24.3 Å². The molecule has 0 saturated heterocycles. The maximum absolute atomic E-state index is 11.9. The Labute approximate surface area is 132 Å². The zero-order valence-corrected chi connectivity index (χ0v) is 13.3. The van der Waals surface area contributed by atoms with Crippen LogP contribution in [0.4, 0.5) is 0 Å². The van der Waals surface area contributed by atoms with E-state index in [9.17, 15) is 9.59 Å². The van der Waals surface area contributed by atoms with E-state index in [1.54, 1.807) is 13.8 Å². The van der Waals surface area contributed by atoms with E-state index in [1.807, 2.05) is 17.5 Å². The van der Waals surface area contributed by atoms with E-state index in [2.05, 4.69) is 10.3 Å². The second-order valence-electron chi connectivity index (χ2n) is 5.18. The van der Waals surface area contributed by atoms with Crippen molar-refractivity contribution in [2.45, 2.75) is 26.7 Å². The van der Waals surface area contributed by atoms with Crippen LogP contribution in [0.3, 0.4) is 0 Å². The molecule has 2 N–H and O–H groups in total. The molecule has 22 heavy (non-hydrogen) atoms. The van der Waals surface area contributed by atoms with Gasteiger partial charge in [0.2, 0.25) is 11.8 Å². The third kappa shape index (κ3) is 4.42. The van der Waals surface area contributed by atoms with Crippen molar-refractivity contribution in [2.24, 2.45) is 5.92 Å². The van der Waals surface area contributed by atoms with Crippen molar-refractivity contribution >= 4 is 23.2 Å². The lowest BCUT2D eigenvalue weighted by Gasteiger charge is -2.09. The van der Waals surface area contributed by atoms with Gasteiger partial charge in [-0.1, -0.05) is 13.0 Å². The highest BCUT2D eigenvalue weighted by atomic mass is 32.1. The highest BCUT2D eigenvalue weighted by Crippen LogP contribution is 2.25. The van der Waals surface area contributed by atoms with Crippen LogP contribution in [0.25, 0.3) is 10.8 Å². The fourth-order valence-corrected chi connectivity index (χ4v) is 2.62. The Morgan fingerprint density at radius 2 is 2.27 bits per heavy atom. The Morgan fingerprint density at radius 3 is 2.91 bits per heavy atom. The van der Waals surface area contributed by atoms with Crippen LogP contribution in [-0.4, -0.2) is 28.5 Å². The Kier molecular flexibility index (Phi) is 5.32. The highest BCUT2D eigenvalue weighted by molar-refractivity contribution is 7.13. The summed E-state index contributed by atoms with van der Waals surface area (Å²) < 4.78 is 5.58. The Bertz CT molecular complexity index is 649. The van der Waals surface area contributed by atoms with Crippen molar-refractivity contribution in [3.8, 4) is 10.8 Å². The molecule has 1 atom stereocenters. The molecule has 0 aromatic carbocycles. The van der Waals surface area contributed by atoms with Gasteiger partial charge in [0.05, 0.1) is 17.0 Å². The fourth-order valence-electron chi connectivity index (χ4n) is 1.97. The largest absolute Gasteiger partial charge is 0.481 e. The molecule has 7 heteroatoms. The number of aliphatic carboxylic acids is 1. The quantitative estimate of drug-likeness (QED) is 0.817. The zero-order valence-electron chi connectivity index (χ0n) is 12.5. The van der Waals surface area contributed by atoms with Gasteiger partial charge in [-0.3, -0.25) is 9.59 Å². The molecule has 6 nitrogen and oxygen atoms in total. The number of carboxylic acids is 1. The van der Waals surface area contributed by atoms with Gasteiger partial charge in [0.1, 0.15) is 5.76 Å². The monoisotopic (exact) mass is 322 g/mol. The highest BCUT2D eigenvalue weighted by Gasteiger charge is 2.16. The number of nitrogens with zero attached hydrogens (tertiary/aromatic N) is 1. The van der Waals surface area contributed by atoms with E-state index in [1.165, 1.54) is 11.3 Å². The molecule has 0 aliphatic carbocycles. The van der Waals surface area contributed by atoms with E-state index in [4.69, 9.17) is 9.52 Å². The second kappa shape index (κ2) is 7.22. The third-order valence-electron chi connectivity index (χ3n) is 3.12. The molecule has 2 heterocycles. The molecule has 118 valence electrons. The minimum Gasteiger partial charge on any atom is -0.481 e. The first-order valence-electron chi connectivity index (χ1n) is 6.94. The molecule has 2 rings (SSSR count). The van der Waals surface area contributed by atoms with E-state index < -0.39 is 5.97 Å². The first-order chi connectivity index (χ1) is 10.5. The predicted molar refractivity (Wildman–Crippen MR) is 82.7 cm³/mol. The summed E-state index contributed by atoms with van der Waals surface area (Å²) in [4.78, 5) is 27.8. The van der Waals surface area contributed by atoms with E-state index >= 15 is 0 Å². The van der Waals surface area contributed by atoms with E-state index in [0.29, 0.717) is 23.9 Å². The number of oxazole rings is 1. The summed E-state index contributed by atoms with van der Waals surface area (Å²) in [7, 11) is 0. The molecule has 0 bridgehead atoms. The van der Waals surface area contributed by atoms with Gasteiger partial charge < -0.3 is 14.8 Å². The molecule has 0 radical (unpaired) electrons. The molecule has 0 fully saturated rings. The molecular formula is C15H18N2O4S. The second-order valence-corrected chi connectivity index (χ2v) is 6.13. The van der Waals surface area contributed by atoms with Crippen molar-refractivity contribution in [3.05, 3.63) is 29.0 Å². The molecule has 0 aliphatic heterocycles. The summed E-state index contributed by atoms with van der Waals surface area (Å²) in [6.07, 6.45) is 0.159. The van der Waals surface area contributed by atoms with Crippen molar-refractivity contribution < 1.29 is 19.1 Å². The van der Waals surface area contributed by atoms with Gasteiger partial charge in [-0.25, -0.2) is 4.98 Å². The number of aryl methyl sites for hydroxylation is 1. The average Bonchev–Trinajstić information content (AvgIpc) is 3.06. The summed E-state index contributed by atoms with van der Waals surface area (Å²) in [6, 6.07) is 3.82. The minimum atomic E-state index is -0.866. The predicted octanol–water partition coefficient (Wildman–Crippen LogP) is 2.48. The van der Waals surface area contributed by atoms with Crippen LogP contribution in [0.5, 0.6) is 0 Å². The van der Waals surface area contributed by atoms with Gasteiger partial charge in [0, 0.05) is 13.0 Å². The number of nitrogens with one attached hydrogen (secondary N) is 1. The first-order valence-corrected chi connectivity index (χ1v) is 7.82. The SMILES string of the molecule is Cc1oc(-c2cccs2)nc1CC(=O)NCC(C)CC(=O)O. The molecule has 1 unspecified atom stereocenters. The number of aromatic nitrogens is 1. The normalized spacial score (nSPS) is 12.1. The summed E-state index contributed by atoms with van der Waals surface area (Å²) in [6.45, 7) is 3.89. The Balaban J connectivity index is 1.90. The van der Waals surface area contributed by atoms with Crippen LogP contribution in [0.2, 0.25) is 0 Å². The minimum absolute atomic E-state index is 0.0335. The van der Waals surface area contributed by atoms with Gasteiger partial charge in [-0.15, -0.1) is 11.3 Å². The number of carbonyl (C=O) groups is 2. The first kappa shape index (κ1) is 16.2. The van der Waals surface area contributed by atoms with Gasteiger partial charge in [0.15, 0.2) is 0 Å². The smallest absolute Gasteiger partial charge is 0.303 e. The number of hydrogen-bond acceptors (Lipinski definition) is 5. The van der Waals surface area contributed by atoms with Crippen molar-refractivity contribution in [1.29, 1.82) is 0 Å². The molecule has 0 aliphatic rings. The third-order valence-corrected chi connectivity index (χ3v) is 3.98. The molecule has 0 saturated carbocycles. The van der Waals surface area contributed by atoms with Crippen LogP contribution in [0, 0.1) is 12.8 Å². The number of rotatable bonds is 7. The van der Waals surface area contributed by atoms with Crippen LogP contribution >= 0.6 is 11.3 Å². The maximum atomic E-state index is 11.9. The lowest BCUT2D eigenvalue weighted by molar-refractivity contribution is -0.138. The number of carbonyl (C=O) groups excluding carboxylic acids is 1. The van der Waals surface area contributed by atoms with Crippen LogP contribution in [-0.2, 0) is 16.0 Å². The zero-order chi connectivity index (χ0) is 16.1. The summed E-state index contributed by atoms with van der Waals surface area (Å²) in [5.41, 5.74) is 0.604. The fraction of sp³-hybridized carbons (Fsp3) is 0.400. The molecule has 2 aromatic heterocycles. The number of amides is 1. The van der Waals surface area contributed by atoms with Crippen molar-refractivity contribution in [1.82, 2.24) is 10.3 Å².